The molecule has 2 rings (SSSR count). The summed E-state index contributed by atoms with van der Waals surface area (Å²) in [6.45, 7) is -0.476. The minimum atomic E-state index is -0.940. The molecule has 0 spiro atoms. The minimum absolute atomic E-state index is 0.0859. The molecule has 2 aromatic carbocycles. The van der Waals surface area contributed by atoms with E-state index in [1.807, 2.05) is 0 Å². The van der Waals surface area contributed by atoms with E-state index in [9.17, 15) is 13.2 Å². The van der Waals surface area contributed by atoms with Crippen LogP contribution in [0, 0.1) is 17.5 Å². The second-order valence-corrected chi connectivity index (χ2v) is 4.58. The van der Waals surface area contributed by atoms with E-state index in [4.69, 9.17) is 9.84 Å². The van der Waals surface area contributed by atoms with Crippen molar-refractivity contribution in [3.05, 3.63) is 57.8 Å². The second kappa shape index (κ2) is 5.63. The minimum Gasteiger partial charge on any atom is -0.451 e. The summed E-state index contributed by atoms with van der Waals surface area (Å²) in [5.74, 6) is -2.91. The first-order valence-corrected chi connectivity index (χ1v) is 6.02. The molecule has 0 aliphatic rings. The van der Waals surface area contributed by atoms with Crippen LogP contribution >= 0.6 is 15.9 Å². The summed E-state index contributed by atoms with van der Waals surface area (Å²) in [6, 6.07) is 5.55. The van der Waals surface area contributed by atoms with Crippen molar-refractivity contribution in [2.45, 2.75) is 6.61 Å². The summed E-state index contributed by atoms with van der Waals surface area (Å²) in [5, 5.41) is 8.81. The Morgan fingerprint density at radius 2 is 1.63 bits per heavy atom. The molecule has 2 nitrogen and oxygen atoms in total. The van der Waals surface area contributed by atoms with Gasteiger partial charge in [0, 0.05) is 0 Å². The van der Waals surface area contributed by atoms with Crippen LogP contribution in [0.15, 0.2) is 34.8 Å². The molecule has 0 aromatic heterocycles. The molecule has 0 aliphatic heterocycles. The van der Waals surface area contributed by atoms with Crippen LogP contribution in [0.1, 0.15) is 5.56 Å². The highest BCUT2D eigenvalue weighted by molar-refractivity contribution is 9.10. The maximum absolute atomic E-state index is 13.6. The lowest BCUT2D eigenvalue weighted by atomic mass is 10.2. The fourth-order valence-corrected chi connectivity index (χ4v) is 1.82. The molecule has 19 heavy (non-hydrogen) atoms. The number of aliphatic hydroxyl groups is 1. The van der Waals surface area contributed by atoms with E-state index in [0.29, 0.717) is 0 Å². The molecule has 0 unspecified atom stereocenters. The SMILES string of the molecule is OCc1cc(F)c(Oc2ccc(F)c(Br)c2)c(F)c1. The second-order valence-electron chi connectivity index (χ2n) is 3.72. The van der Waals surface area contributed by atoms with E-state index in [0.717, 1.165) is 18.2 Å². The molecule has 0 atom stereocenters. The van der Waals surface area contributed by atoms with Crippen LogP contribution in [0.25, 0.3) is 0 Å². The maximum Gasteiger partial charge on any atom is 0.198 e. The number of hydrogen-bond donors (Lipinski definition) is 1. The smallest absolute Gasteiger partial charge is 0.198 e. The van der Waals surface area contributed by atoms with Gasteiger partial charge in [-0.15, -0.1) is 0 Å². The Morgan fingerprint density at radius 1 is 1.00 bits per heavy atom. The predicted molar refractivity (Wildman–Crippen MR) is 66.5 cm³/mol. The third kappa shape index (κ3) is 3.08. The van der Waals surface area contributed by atoms with Gasteiger partial charge in [0.2, 0.25) is 0 Å². The molecule has 6 heteroatoms. The van der Waals surface area contributed by atoms with Crippen molar-refractivity contribution in [3.63, 3.8) is 0 Å². The normalized spacial score (nSPS) is 10.6. The Hall–Kier alpha value is -1.53. The van der Waals surface area contributed by atoms with Crippen LogP contribution in [0.5, 0.6) is 11.5 Å². The van der Waals surface area contributed by atoms with E-state index in [1.54, 1.807) is 0 Å². The molecule has 0 fully saturated rings. The van der Waals surface area contributed by atoms with Crippen molar-refractivity contribution < 1.29 is 23.0 Å². The Morgan fingerprint density at radius 3 is 2.16 bits per heavy atom. The molecule has 0 amide bonds. The van der Waals surface area contributed by atoms with Gasteiger partial charge in [-0.2, -0.15) is 0 Å². The zero-order valence-electron chi connectivity index (χ0n) is 9.46. The summed E-state index contributed by atoms with van der Waals surface area (Å²) >= 11 is 2.94. The van der Waals surface area contributed by atoms with Gasteiger partial charge < -0.3 is 9.84 Å². The van der Waals surface area contributed by atoms with Gasteiger partial charge in [0.1, 0.15) is 11.6 Å². The molecular formula is C13H8BrF3O2. The fraction of sp³-hybridized carbons (Fsp3) is 0.0769. The lowest BCUT2D eigenvalue weighted by molar-refractivity contribution is 0.279. The number of benzene rings is 2. The van der Waals surface area contributed by atoms with Crippen LogP contribution in [-0.2, 0) is 6.61 Å². The van der Waals surface area contributed by atoms with Gasteiger partial charge in [0.15, 0.2) is 17.4 Å². The highest BCUT2D eigenvalue weighted by Crippen LogP contribution is 2.30. The van der Waals surface area contributed by atoms with Crippen LogP contribution in [-0.4, -0.2) is 5.11 Å². The third-order valence-corrected chi connectivity index (χ3v) is 2.96. The van der Waals surface area contributed by atoms with Crippen molar-refractivity contribution in [1.82, 2.24) is 0 Å². The summed E-state index contributed by atoms with van der Waals surface area (Å²) in [6.07, 6.45) is 0. The highest BCUT2D eigenvalue weighted by Gasteiger charge is 2.14. The largest absolute Gasteiger partial charge is 0.451 e. The zero-order chi connectivity index (χ0) is 14.0. The Kier molecular flexibility index (Phi) is 4.11. The van der Waals surface area contributed by atoms with Gasteiger partial charge in [-0.3, -0.25) is 0 Å². The lowest BCUT2D eigenvalue weighted by Gasteiger charge is -2.09. The van der Waals surface area contributed by atoms with Crippen LogP contribution in [0.4, 0.5) is 13.2 Å². The summed E-state index contributed by atoms with van der Waals surface area (Å²) in [7, 11) is 0. The molecule has 0 bridgehead atoms. The summed E-state index contributed by atoms with van der Waals surface area (Å²) in [4.78, 5) is 0. The van der Waals surface area contributed by atoms with Crippen molar-refractivity contribution in [2.24, 2.45) is 0 Å². The molecule has 0 saturated carbocycles. The molecule has 0 radical (unpaired) electrons. The van der Waals surface area contributed by atoms with Crippen molar-refractivity contribution >= 4 is 15.9 Å². The monoisotopic (exact) mass is 332 g/mol. The molecule has 0 saturated heterocycles. The Labute approximate surface area is 115 Å². The first-order valence-electron chi connectivity index (χ1n) is 5.23. The van der Waals surface area contributed by atoms with Crippen molar-refractivity contribution in [2.75, 3.05) is 0 Å². The van der Waals surface area contributed by atoms with Crippen LogP contribution in [0.3, 0.4) is 0 Å². The topological polar surface area (TPSA) is 29.5 Å². The predicted octanol–water partition coefficient (Wildman–Crippen LogP) is 4.15. The molecular weight excluding hydrogens is 325 g/mol. The number of hydrogen-bond acceptors (Lipinski definition) is 2. The number of rotatable bonds is 3. The lowest BCUT2D eigenvalue weighted by Crippen LogP contribution is -1.96. The Bertz CT molecular complexity index is 594. The molecule has 1 N–H and O–H groups in total. The molecule has 0 aliphatic carbocycles. The average molecular weight is 333 g/mol. The van der Waals surface area contributed by atoms with E-state index in [-0.39, 0.29) is 15.8 Å². The molecule has 2 aromatic rings. The van der Waals surface area contributed by atoms with Gasteiger partial charge in [-0.05, 0) is 51.8 Å². The van der Waals surface area contributed by atoms with Gasteiger partial charge in [0.25, 0.3) is 0 Å². The summed E-state index contributed by atoms with van der Waals surface area (Å²) < 4.78 is 45.4. The zero-order valence-corrected chi connectivity index (χ0v) is 11.0. The van der Waals surface area contributed by atoms with Gasteiger partial charge in [0.05, 0.1) is 11.1 Å². The van der Waals surface area contributed by atoms with Gasteiger partial charge in [-0.25, -0.2) is 13.2 Å². The first-order chi connectivity index (χ1) is 9.01. The first kappa shape index (κ1) is 13.9. The van der Waals surface area contributed by atoms with E-state index in [2.05, 4.69) is 15.9 Å². The number of ether oxygens (including phenoxy) is 1. The van der Waals surface area contributed by atoms with Crippen molar-refractivity contribution in [3.8, 4) is 11.5 Å². The van der Waals surface area contributed by atoms with Crippen LogP contribution < -0.4 is 4.74 Å². The van der Waals surface area contributed by atoms with Crippen LogP contribution in [0.2, 0.25) is 0 Å². The molecule has 100 valence electrons. The maximum atomic E-state index is 13.6. The highest BCUT2D eigenvalue weighted by atomic mass is 79.9. The van der Waals surface area contributed by atoms with E-state index >= 15 is 0 Å². The van der Waals surface area contributed by atoms with Gasteiger partial charge in [-0.1, -0.05) is 0 Å². The van der Waals surface area contributed by atoms with E-state index < -0.39 is 29.8 Å². The number of aliphatic hydroxyl groups excluding tert-OH is 1. The van der Waals surface area contributed by atoms with Crippen molar-refractivity contribution in [1.29, 1.82) is 0 Å². The fourth-order valence-electron chi connectivity index (χ4n) is 1.46. The number of halogens is 4. The molecule has 0 heterocycles. The summed E-state index contributed by atoms with van der Waals surface area (Å²) in [5.41, 5.74) is 0.0997. The standard InChI is InChI=1S/C13H8BrF3O2/c14-9-5-8(1-2-10(9)15)19-13-11(16)3-7(6-18)4-12(13)17/h1-5,18H,6H2. The van der Waals surface area contributed by atoms with Gasteiger partial charge >= 0.3 is 0 Å². The quantitative estimate of drug-likeness (QED) is 0.914. The van der Waals surface area contributed by atoms with E-state index in [1.165, 1.54) is 12.1 Å². The average Bonchev–Trinajstić information content (AvgIpc) is 2.37. The Balaban J connectivity index is 2.35. The third-order valence-electron chi connectivity index (χ3n) is 2.35.